The number of nitrogens with zero attached hydrogens (tertiary/aromatic N) is 4. The van der Waals surface area contributed by atoms with Crippen LogP contribution in [0.15, 0.2) is 53.4 Å². The Kier molecular flexibility index (Phi) is 6.56. The van der Waals surface area contributed by atoms with Gasteiger partial charge in [-0.25, -0.2) is 21.9 Å². The van der Waals surface area contributed by atoms with Gasteiger partial charge in [-0.3, -0.25) is 0 Å². The van der Waals surface area contributed by atoms with E-state index in [1.807, 2.05) is 0 Å². The summed E-state index contributed by atoms with van der Waals surface area (Å²) < 4.78 is 71.0. The SMILES string of the molecule is COc1ccc(-c2nnc3ccc(OCCNS(=O)(=O)c4ccc(F)cc4F)nn23)cc1OC. The number of methoxy groups -OCH3 is 2. The van der Waals surface area contributed by atoms with Gasteiger partial charge in [0.25, 0.3) is 0 Å². The molecule has 0 aliphatic carbocycles. The molecule has 0 aliphatic heterocycles. The van der Waals surface area contributed by atoms with Gasteiger partial charge in [0.15, 0.2) is 23.0 Å². The van der Waals surface area contributed by atoms with Crippen LogP contribution in [0.2, 0.25) is 0 Å². The summed E-state index contributed by atoms with van der Waals surface area (Å²) in [5, 5.41) is 12.6. The molecule has 4 aromatic rings. The van der Waals surface area contributed by atoms with E-state index in [4.69, 9.17) is 14.2 Å². The maximum Gasteiger partial charge on any atom is 0.243 e. The lowest BCUT2D eigenvalue weighted by Crippen LogP contribution is -2.29. The second kappa shape index (κ2) is 9.57. The predicted molar refractivity (Wildman–Crippen MR) is 116 cm³/mol. The number of halogens is 2. The van der Waals surface area contributed by atoms with Gasteiger partial charge in [-0.15, -0.1) is 15.3 Å². The number of hydrogen-bond acceptors (Lipinski definition) is 8. The van der Waals surface area contributed by atoms with Crippen molar-refractivity contribution in [3.05, 3.63) is 60.2 Å². The third-order valence-electron chi connectivity index (χ3n) is 4.71. The van der Waals surface area contributed by atoms with Crippen molar-refractivity contribution in [2.45, 2.75) is 4.90 Å². The molecule has 0 saturated heterocycles. The fourth-order valence-electron chi connectivity index (χ4n) is 3.11. The summed E-state index contributed by atoms with van der Waals surface area (Å²) in [6.45, 7) is -0.280. The van der Waals surface area contributed by atoms with Gasteiger partial charge in [-0.2, -0.15) is 4.52 Å². The Bertz CT molecular complexity index is 1450. The van der Waals surface area contributed by atoms with Crippen LogP contribution >= 0.6 is 0 Å². The predicted octanol–water partition coefficient (Wildman–Crippen LogP) is 2.44. The fourth-order valence-corrected chi connectivity index (χ4v) is 4.18. The number of ether oxygens (including phenoxy) is 3. The van der Waals surface area contributed by atoms with E-state index in [0.29, 0.717) is 34.6 Å². The number of rotatable bonds is 9. The molecule has 0 radical (unpaired) electrons. The molecule has 2 heterocycles. The smallest absolute Gasteiger partial charge is 0.243 e. The van der Waals surface area contributed by atoms with Crippen LogP contribution in [0.25, 0.3) is 17.0 Å². The van der Waals surface area contributed by atoms with E-state index in [-0.39, 0.29) is 19.0 Å². The minimum Gasteiger partial charge on any atom is -0.493 e. The van der Waals surface area contributed by atoms with Gasteiger partial charge in [-0.05, 0) is 36.4 Å². The zero-order valence-corrected chi connectivity index (χ0v) is 18.8. The van der Waals surface area contributed by atoms with Gasteiger partial charge in [0.1, 0.15) is 23.1 Å². The van der Waals surface area contributed by atoms with Crippen molar-refractivity contribution in [1.82, 2.24) is 24.5 Å². The molecule has 10 nitrogen and oxygen atoms in total. The van der Waals surface area contributed by atoms with Gasteiger partial charge in [0, 0.05) is 24.2 Å². The van der Waals surface area contributed by atoms with Crippen LogP contribution in [0.5, 0.6) is 17.4 Å². The Morgan fingerprint density at radius 2 is 1.76 bits per heavy atom. The van der Waals surface area contributed by atoms with Gasteiger partial charge in [0.05, 0.1) is 14.2 Å². The molecular weight excluding hydrogens is 472 g/mol. The van der Waals surface area contributed by atoms with Crippen LogP contribution in [-0.4, -0.2) is 55.6 Å². The van der Waals surface area contributed by atoms with Gasteiger partial charge in [-0.1, -0.05) is 0 Å². The molecule has 4 rings (SSSR count). The van der Waals surface area contributed by atoms with Gasteiger partial charge >= 0.3 is 0 Å². The maximum absolute atomic E-state index is 13.8. The standard InChI is InChI=1S/C21H19F2N5O5S/c1-31-16-5-3-13(11-17(16)32-2)21-26-25-19-7-8-20(27-28(19)21)33-10-9-24-34(29,30)18-6-4-14(22)12-15(18)23/h3-8,11-12,24H,9-10H2,1-2H3. The van der Waals surface area contributed by atoms with Crippen molar-refractivity contribution in [2.75, 3.05) is 27.4 Å². The van der Waals surface area contributed by atoms with E-state index in [2.05, 4.69) is 20.0 Å². The number of fused-ring (bicyclic) bond motifs is 1. The molecule has 34 heavy (non-hydrogen) atoms. The topological polar surface area (TPSA) is 117 Å². The molecule has 0 spiro atoms. The first-order chi connectivity index (χ1) is 16.3. The summed E-state index contributed by atoms with van der Waals surface area (Å²) in [6, 6.07) is 10.6. The average molecular weight is 491 g/mol. The monoisotopic (exact) mass is 491 g/mol. The highest BCUT2D eigenvalue weighted by Crippen LogP contribution is 2.31. The van der Waals surface area contributed by atoms with E-state index in [9.17, 15) is 17.2 Å². The molecule has 13 heteroatoms. The average Bonchev–Trinajstić information content (AvgIpc) is 3.24. The molecule has 0 saturated carbocycles. The maximum atomic E-state index is 13.8. The van der Waals surface area contributed by atoms with Gasteiger partial charge in [0.2, 0.25) is 15.9 Å². The lowest BCUT2D eigenvalue weighted by Gasteiger charge is -2.10. The van der Waals surface area contributed by atoms with Crippen LogP contribution in [0.3, 0.4) is 0 Å². The van der Waals surface area contributed by atoms with Crippen LogP contribution in [0.1, 0.15) is 0 Å². The Labute approximate surface area is 193 Å². The van der Waals surface area contributed by atoms with E-state index < -0.39 is 26.6 Å². The zero-order chi connectivity index (χ0) is 24.3. The Hall–Kier alpha value is -3.84. The van der Waals surface area contributed by atoms with Crippen LogP contribution in [0.4, 0.5) is 8.78 Å². The molecular formula is C21H19F2N5O5S. The summed E-state index contributed by atoms with van der Waals surface area (Å²) in [5.41, 5.74) is 1.13. The van der Waals surface area contributed by atoms with E-state index in [1.165, 1.54) is 18.7 Å². The minimum absolute atomic E-state index is 0.103. The van der Waals surface area contributed by atoms with Crippen LogP contribution < -0.4 is 18.9 Å². The van der Waals surface area contributed by atoms with E-state index in [0.717, 1.165) is 12.1 Å². The molecule has 0 unspecified atom stereocenters. The molecule has 2 aromatic heterocycles. The first-order valence-electron chi connectivity index (χ1n) is 9.85. The van der Waals surface area contributed by atoms with Crippen molar-refractivity contribution in [2.24, 2.45) is 0 Å². The third kappa shape index (κ3) is 4.75. The Balaban J connectivity index is 1.47. The molecule has 0 bridgehead atoms. The number of nitrogens with one attached hydrogen (secondary N) is 1. The summed E-state index contributed by atoms with van der Waals surface area (Å²) in [7, 11) is -1.13. The molecule has 0 fully saturated rings. The normalized spacial score (nSPS) is 11.5. The van der Waals surface area contributed by atoms with Crippen molar-refractivity contribution in [1.29, 1.82) is 0 Å². The van der Waals surface area contributed by atoms with Crippen molar-refractivity contribution in [3.8, 4) is 28.8 Å². The highest BCUT2D eigenvalue weighted by Gasteiger charge is 2.19. The van der Waals surface area contributed by atoms with Crippen molar-refractivity contribution in [3.63, 3.8) is 0 Å². The Morgan fingerprint density at radius 1 is 0.971 bits per heavy atom. The highest BCUT2D eigenvalue weighted by molar-refractivity contribution is 7.89. The molecule has 178 valence electrons. The van der Waals surface area contributed by atoms with Crippen molar-refractivity contribution < 1.29 is 31.4 Å². The van der Waals surface area contributed by atoms with E-state index >= 15 is 0 Å². The van der Waals surface area contributed by atoms with Gasteiger partial charge < -0.3 is 14.2 Å². The quantitative estimate of drug-likeness (QED) is 0.355. The first kappa shape index (κ1) is 23.3. The second-order valence-electron chi connectivity index (χ2n) is 6.86. The van der Waals surface area contributed by atoms with E-state index in [1.54, 1.807) is 30.3 Å². The fraction of sp³-hybridized carbons (Fsp3) is 0.190. The summed E-state index contributed by atoms with van der Waals surface area (Å²) in [6.07, 6.45) is 0. The third-order valence-corrected chi connectivity index (χ3v) is 6.20. The summed E-state index contributed by atoms with van der Waals surface area (Å²) in [5.74, 6) is -0.386. The number of aromatic nitrogens is 4. The minimum atomic E-state index is -4.18. The molecule has 2 aromatic carbocycles. The molecule has 0 aliphatic rings. The van der Waals surface area contributed by atoms with Crippen LogP contribution in [-0.2, 0) is 10.0 Å². The Morgan fingerprint density at radius 3 is 2.50 bits per heavy atom. The van der Waals surface area contributed by atoms with Crippen LogP contribution in [0, 0.1) is 11.6 Å². The molecule has 1 N–H and O–H groups in total. The lowest BCUT2D eigenvalue weighted by molar-refractivity contribution is 0.306. The lowest BCUT2D eigenvalue weighted by atomic mass is 10.2. The summed E-state index contributed by atoms with van der Waals surface area (Å²) in [4.78, 5) is -0.655. The highest BCUT2D eigenvalue weighted by atomic mass is 32.2. The molecule has 0 amide bonds. The second-order valence-corrected chi connectivity index (χ2v) is 8.59. The number of benzene rings is 2. The summed E-state index contributed by atoms with van der Waals surface area (Å²) >= 11 is 0. The number of sulfonamides is 1. The number of hydrogen-bond donors (Lipinski definition) is 1. The zero-order valence-electron chi connectivity index (χ0n) is 18.0. The molecule has 0 atom stereocenters. The first-order valence-corrected chi connectivity index (χ1v) is 11.3. The largest absolute Gasteiger partial charge is 0.493 e. The van der Waals surface area contributed by atoms with Crippen molar-refractivity contribution >= 4 is 15.7 Å².